The van der Waals surface area contributed by atoms with Crippen LogP contribution in [-0.4, -0.2) is 55.0 Å². The maximum absolute atomic E-state index is 13.0. The highest BCUT2D eigenvalue weighted by Crippen LogP contribution is 2.24. The van der Waals surface area contributed by atoms with Crippen molar-refractivity contribution in [2.24, 2.45) is 0 Å². The molecule has 0 radical (unpaired) electrons. The summed E-state index contributed by atoms with van der Waals surface area (Å²) >= 11 is 0. The molecule has 4 rings (SSSR count). The molecule has 0 unspecified atom stereocenters. The third-order valence-corrected chi connectivity index (χ3v) is 6.85. The lowest BCUT2D eigenvalue weighted by molar-refractivity contribution is 0.238. The smallest absolute Gasteiger partial charge is 0.241 e. The molecule has 9 nitrogen and oxygen atoms in total. The van der Waals surface area contributed by atoms with Crippen LogP contribution in [0.2, 0.25) is 0 Å². The van der Waals surface area contributed by atoms with Crippen LogP contribution in [0.4, 0.5) is 23.1 Å². The fourth-order valence-corrected chi connectivity index (χ4v) is 4.85. The Kier molecular flexibility index (Phi) is 5.86. The van der Waals surface area contributed by atoms with Crippen molar-refractivity contribution in [1.82, 2.24) is 19.6 Å². The number of hydrogen-bond donors (Lipinski definition) is 3. The van der Waals surface area contributed by atoms with Gasteiger partial charge in [0, 0.05) is 44.8 Å². The van der Waals surface area contributed by atoms with Gasteiger partial charge in [-0.3, -0.25) is 4.90 Å². The topological polar surface area (TPSA) is 108 Å². The van der Waals surface area contributed by atoms with Gasteiger partial charge in [-0.15, -0.1) is 0 Å². The minimum Gasteiger partial charge on any atom is -0.492 e. The Bertz CT molecular complexity index is 1570. The first-order valence-corrected chi connectivity index (χ1v) is 13.3. The zero-order valence-corrected chi connectivity index (χ0v) is 21.8. The van der Waals surface area contributed by atoms with Gasteiger partial charge in [0.1, 0.15) is 18.2 Å². The highest BCUT2D eigenvalue weighted by molar-refractivity contribution is 7.89. The van der Waals surface area contributed by atoms with Crippen LogP contribution in [0.25, 0.3) is 0 Å². The molecule has 0 amide bonds. The number of aryl methyl sites for hydroxylation is 1. The quantitative estimate of drug-likeness (QED) is 0.342. The van der Waals surface area contributed by atoms with E-state index in [0.717, 1.165) is 0 Å². The molecule has 1 aliphatic rings. The van der Waals surface area contributed by atoms with Crippen LogP contribution in [-0.2, 0) is 10.0 Å². The molecule has 10 heteroatoms. The fraction of sp³-hybridized carbons (Fsp3) is 0.407. The third kappa shape index (κ3) is 7.88. The van der Waals surface area contributed by atoms with Crippen LogP contribution in [0.5, 0.6) is 5.75 Å². The molecular weight excluding hydrogens is 488 g/mol. The summed E-state index contributed by atoms with van der Waals surface area (Å²) in [7, 11) is -4.14. The second-order valence-corrected chi connectivity index (χ2v) is 10.8. The molecule has 0 atom stereocenters. The molecule has 0 spiro atoms. The Hall–Kier alpha value is -3.21. The average Bonchev–Trinajstić information content (AvgIpc) is 3.13. The zero-order chi connectivity index (χ0) is 32.6. The predicted molar refractivity (Wildman–Crippen MR) is 147 cm³/mol. The van der Waals surface area contributed by atoms with E-state index in [1.807, 2.05) is 0 Å². The molecule has 0 bridgehead atoms. The molecule has 3 N–H and O–H groups in total. The first kappa shape index (κ1) is 18.9. The Morgan fingerprint density at radius 1 is 1.11 bits per heavy atom. The molecule has 2 heterocycles. The van der Waals surface area contributed by atoms with Crippen LogP contribution in [0.3, 0.4) is 0 Å². The summed E-state index contributed by atoms with van der Waals surface area (Å²) in [5.41, 5.74) is 0.103. The van der Waals surface area contributed by atoms with Crippen molar-refractivity contribution in [1.29, 1.82) is 0 Å². The van der Waals surface area contributed by atoms with E-state index in [9.17, 15) is 8.42 Å². The van der Waals surface area contributed by atoms with E-state index in [1.165, 1.54) is 36.9 Å². The lowest BCUT2D eigenvalue weighted by Gasteiger charge is -2.20. The molecule has 3 aromatic rings. The highest BCUT2D eigenvalue weighted by atomic mass is 32.2. The first-order chi connectivity index (χ1) is 20.3. The van der Waals surface area contributed by atoms with Crippen molar-refractivity contribution in [3.8, 4) is 5.75 Å². The molecule has 37 heavy (non-hydrogen) atoms. The van der Waals surface area contributed by atoms with Gasteiger partial charge in [-0.25, -0.2) is 18.1 Å². The Balaban J connectivity index is 1.39. The number of anilines is 4. The maximum Gasteiger partial charge on any atom is 0.241 e. The lowest BCUT2D eigenvalue weighted by Crippen LogP contribution is -2.40. The van der Waals surface area contributed by atoms with E-state index < -0.39 is 35.4 Å². The number of rotatable bonds is 10. The van der Waals surface area contributed by atoms with Gasteiger partial charge in [0.05, 0.1) is 4.90 Å². The normalized spacial score (nSPS) is 20.4. The minimum absolute atomic E-state index is 0.106. The van der Waals surface area contributed by atoms with E-state index >= 15 is 0 Å². The Morgan fingerprint density at radius 2 is 1.86 bits per heavy atom. The number of aromatic nitrogens is 2. The summed E-state index contributed by atoms with van der Waals surface area (Å²) < 4.78 is 88.8. The van der Waals surface area contributed by atoms with Crippen LogP contribution < -0.4 is 20.1 Å². The molecule has 198 valence electrons. The lowest BCUT2D eigenvalue weighted by atomic mass is 10.1. The van der Waals surface area contributed by atoms with Gasteiger partial charge in [-0.2, -0.15) is 4.98 Å². The summed E-state index contributed by atoms with van der Waals surface area (Å²) in [5.74, 6) is 1.24. The van der Waals surface area contributed by atoms with Gasteiger partial charge in [-0.05, 0) is 95.9 Å². The molecule has 1 aliphatic heterocycles. The fourth-order valence-electron chi connectivity index (χ4n) is 3.52. The van der Waals surface area contributed by atoms with Gasteiger partial charge in [-0.1, -0.05) is 6.07 Å². The average molecular weight is 532 g/mol. The molecular formula is C27H36N6O3S. The van der Waals surface area contributed by atoms with Crippen molar-refractivity contribution < 1.29 is 22.7 Å². The Labute approximate surface area is 229 Å². The number of sulfonamides is 1. The summed E-state index contributed by atoms with van der Waals surface area (Å²) in [6, 6.07) is 12.9. The summed E-state index contributed by atoms with van der Waals surface area (Å²) in [6.07, 6.45) is 1.88. The number of ether oxygens (including phenoxy) is 1. The van der Waals surface area contributed by atoms with Crippen molar-refractivity contribution >= 4 is 33.2 Å². The van der Waals surface area contributed by atoms with Gasteiger partial charge >= 0.3 is 0 Å². The van der Waals surface area contributed by atoms with Crippen LogP contribution in [0, 0.1) is 6.92 Å². The molecule has 0 saturated carbocycles. The number of nitrogens with one attached hydrogen (secondary N) is 3. The van der Waals surface area contributed by atoms with E-state index in [2.05, 4.69) is 25.3 Å². The van der Waals surface area contributed by atoms with E-state index in [1.54, 1.807) is 43.5 Å². The van der Waals surface area contributed by atoms with Gasteiger partial charge in [0.2, 0.25) is 16.0 Å². The maximum atomic E-state index is 13.0. The van der Waals surface area contributed by atoms with Crippen LogP contribution in [0.1, 0.15) is 48.7 Å². The SMILES string of the molecule is [2H]C1([2H])CCC([2H])([2H])N1CCOc1ccc(Nc2ncc(C)c(Nc3cccc(S(=O)(=O)NC(C)(C)C([2H])([2H])[2H])c3)n2)cc1. The van der Waals surface area contributed by atoms with Crippen molar-refractivity contribution in [3.05, 3.63) is 60.3 Å². The van der Waals surface area contributed by atoms with Crippen molar-refractivity contribution in [2.75, 3.05) is 36.8 Å². The largest absolute Gasteiger partial charge is 0.492 e. The molecule has 1 aromatic heterocycles. The minimum atomic E-state index is -4.14. The second kappa shape index (κ2) is 11.5. The van der Waals surface area contributed by atoms with Gasteiger partial charge in [0.25, 0.3) is 0 Å². The van der Waals surface area contributed by atoms with Crippen molar-refractivity contribution in [3.63, 3.8) is 0 Å². The summed E-state index contributed by atoms with van der Waals surface area (Å²) in [5, 5.41) is 6.20. The summed E-state index contributed by atoms with van der Waals surface area (Å²) in [4.78, 5) is 9.91. The monoisotopic (exact) mass is 531 g/mol. The van der Waals surface area contributed by atoms with Gasteiger partial charge in [0.15, 0.2) is 0 Å². The molecule has 1 saturated heterocycles. The van der Waals surface area contributed by atoms with E-state index in [4.69, 9.17) is 14.3 Å². The van der Waals surface area contributed by atoms with Crippen LogP contribution >= 0.6 is 0 Å². The molecule has 1 fully saturated rings. The highest BCUT2D eigenvalue weighted by Gasteiger charge is 2.22. The predicted octanol–water partition coefficient (Wildman–Crippen LogP) is 4.82. The Morgan fingerprint density at radius 3 is 2.59 bits per heavy atom. The number of hydrogen-bond acceptors (Lipinski definition) is 8. The van der Waals surface area contributed by atoms with Crippen molar-refractivity contribution in [2.45, 2.75) is 50.9 Å². The third-order valence-electron chi connectivity index (χ3n) is 5.19. The number of nitrogens with zero attached hydrogens (tertiary/aromatic N) is 3. The summed E-state index contributed by atoms with van der Waals surface area (Å²) in [6.45, 7) is -1.33. The van der Waals surface area contributed by atoms with E-state index in [0.29, 0.717) is 28.5 Å². The van der Waals surface area contributed by atoms with E-state index in [-0.39, 0.29) is 36.8 Å². The number of likely N-dealkylation sites (tertiary alicyclic amines) is 1. The zero-order valence-electron chi connectivity index (χ0n) is 28.0. The first-order valence-electron chi connectivity index (χ1n) is 15.3. The number of benzene rings is 2. The van der Waals surface area contributed by atoms with Gasteiger partial charge < -0.3 is 15.4 Å². The second-order valence-electron chi connectivity index (χ2n) is 9.07. The van der Waals surface area contributed by atoms with Crippen LogP contribution in [0.15, 0.2) is 59.6 Å². The standard InChI is InChI=1S/C27H36N6O3S/c1-20-19-28-26(30-21-10-12-23(13-11-21)36-17-16-33-14-5-6-15-33)31-25(20)29-22-8-7-9-24(18-22)37(34,35)32-27(2,3)4/h7-13,18-19,32H,5-6,14-17H2,1-4H3,(H2,28,29,30,31)/i2D3,14D2,15D2. The molecule has 2 aromatic carbocycles. The molecule has 0 aliphatic carbocycles.